The van der Waals surface area contributed by atoms with Crippen LogP contribution in [0, 0.1) is 0 Å². The van der Waals surface area contributed by atoms with Gasteiger partial charge in [0.1, 0.15) is 6.54 Å². The zero-order valence-corrected chi connectivity index (χ0v) is 17.6. The molecule has 0 aliphatic heterocycles. The molecule has 6 nitrogen and oxygen atoms in total. The fourth-order valence-electron chi connectivity index (χ4n) is 3.24. The van der Waals surface area contributed by atoms with Crippen molar-refractivity contribution in [2.75, 3.05) is 0 Å². The van der Waals surface area contributed by atoms with Gasteiger partial charge in [-0.3, -0.25) is 4.79 Å². The number of imidazole rings is 1. The van der Waals surface area contributed by atoms with Crippen LogP contribution in [0.2, 0.25) is 0 Å². The molecule has 0 N–H and O–H groups in total. The predicted molar refractivity (Wildman–Crippen MR) is 115 cm³/mol. The van der Waals surface area contributed by atoms with E-state index in [1.165, 1.54) is 0 Å². The van der Waals surface area contributed by atoms with Crippen LogP contribution in [0.15, 0.2) is 65.4 Å². The summed E-state index contributed by atoms with van der Waals surface area (Å²) in [5.41, 5.74) is 4.28. The summed E-state index contributed by atoms with van der Waals surface area (Å²) >= 11 is 0. The Morgan fingerprint density at radius 3 is 2.30 bits per heavy atom. The molecule has 0 saturated carbocycles. The fraction of sp³-hybridized carbons (Fsp3) is 0.250. The van der Waals surface area contributed by atoms with Gasteiger partial charge in [-0.05, 0) is 6.92 Å². The Morgan fingerprint density at radius 1 is 1.00 bits per heavy atom. The lowest BCUT2D eigenvalue weighted by Gasteiger charge is -2.11. The molecule has 0 radical (unpaired) electrons. The van der Waals surface area contributed by atoms with E-state index in [1.807, 2.05) is 79.9 Å². The monoisotopic (exact) mass is 400 g/mol. The van der Waals surface area contributed by atoms with E-state index >= 15 is 0 Å². The molecule has 0 aliphatic rings. The van der Waals surface area contributed by atoms with E-state index in [4.69, 9.17) is 4.52 Å². The van der Waals surface area contributed by atoms with Crippen LogP contribution in [-0.4, -0.2) is 25.5 Å². The molecule has 0 bridgehead atoms. The minimum absolute atomic E-state index is 0.0407. The topological polar surface area (TPSA) is 73.8 Å². The van der Waals surface area contributed by atoms with Crippen molar-refractivity contribution in [2.45, 2.75) is 39.7 Å². The van der Waals surface area contributed by atoms with Gasteiger partial charge in [0.05, 0.1) is 17.7 Å². The van der Waals surface area contributed by atoms with E-state index in [1.54, 1.807) is 13.3 Å². The van der Waals surface area contributed by atoms with Gasteiger partial charge in [0.15, 0.2) is 11.6 Å². The molecule has 0 saturated heterocycles. The van der Waals surface area contributed by atoms with Gasteiger partial charge >= 0.3 is 0 Å². The maximum Gasteiger partial charge on any atom is 0.246 e. The van der Waals surface area contributed by atoms with Crippen molar-refractivity contribution in [1.29, 1.82) is 0 Å². The average Bonchev–Trinajstić information content (AvgIpc) is 3.36. The molecule has 4 aromatic rings. The zero-order chi connectivity index (χ0) is 21.3. The Balaban J connectivity index is 1.78. The maximum atomic E-state index is 11.7. The molecular weight excluding hydrogens is 376 g/mol. The number of ketones is 1. The van der Waals surface area contributed by atoms with Crippen molar-refractivity contribution in [3.05, 3.63) is 78.2 Å². The molecule has 30 heavy (non-hydrogen) atoms. The Bertz CT molecular complexity index is 1170. The number of rotatable bonds is 5. The summed E-state index contributed by atoms with van der Waals surface area (Å²) in [5, 5.41) is 4.12. The molecule has 0 aliphatic carbocycles. The predicted octanol–water partition coefficient (Wildman–Crippen LogP) is 5.15. The second-order valence-corrected chi connectivity index (χ2v) is 8.33. The zero-order valence-electron chi connectivity index (χ0n) is 17.6. The smallest absolute Gasteiger partial charge is 0.246 e. The number of carbonyl (C=O) groups excluding carboxylic acids is 1. The second-order valence-electron chi connectivity index (χ2n) is 8.33. The van der Waals surface area contributed by atoms with Crippen molar-refractivity contribution < 1.29 is 9.32 Å². The molecule has 2 aromatic heterocycles. The van der Waals surface area contributed by atoms with Crippen LogP contribution >= 0.6 is 0 Å². The highest BCUT2D eigenvalue weighted by Crippen LogP contribution is 2.32. The van der Waals surface area contributed by atoms with Gasteiger partial charge in [-0.25, -0.2) is 4.98 Å². The molecule has 6 heteroatoms. The van der Waals surface area contributed by atoms with Crippen LogP contribution in [0.5, 0.6) is 0 Å². The van der Waals surface area contributed by atoms with Crippen molar-refractivity contribution in [1.82, 2.24) is 19.7 Å². The van der Waals surface area contributed by atoms with Crippen LogP contribution < -0.4 is 0 Å². The SMILES string of the molecule is CC(=O)c1ccc(-c2c(-c3ccccc3)ncn2Cc2nc(C(C)(C)C)no2)cc1. The lowest BCUT2D eigenvalue weighted by atomic mass is 9.96. The first kappa shape index (κ1) is 19.8. The first-order chi connectivity index (χ1) is 14.3. The highest BCUT2D eigenvalue weighted by molar-refractivity contribution is 5.94. The molecule has 0 atom stereocenters. The summed E-state index contributed by atoms with van der Waals surface area (Å²) in [7, 11) is 0. The van der Waals surface area contributed by atoms with E-state index in [0.717, 1.165) is 22.5 Å². The van der Waals surface area contributed by atoms with Gasteiger partial charge in [0.25, 0.3) is 0 Å². The Hall–Kier alpha value is -3.54. The third-order valence-corrected chi connectivity index (χ3v) is 4.89. The molecule has 4 rings (SSSR count). The number of hydrogen-bond acceptors (Lipinski definition) is 5. The first-order valence-corrected chi connectivity index (χ1v) is 9.88. The highest BCUT2D eigenvalue weighted by Gasteiger charge is 2.22. The standard InChI is InChI=1S/C24H24N4O2/c1-16(29)17-10-12-19(13-11-17)22-21(18-8-6-5-7-9-18)25-15-28(22)14-20-26-23(27-30-20)24(2,3)4/h5-13,15H,14H2,1-4H3. The molecule has 152 valence electrons. The van der Waals surface area contributed by atoms with Crippen LogP contribution in [0.25, 0.3) is 22.5 Å². The maximum absolute atomic E-state index is 11.7. The van der Waals surface area contributed by atoms with Gasteiger partial charge < -0.3 is 9.09 Å². The number of aromatic nitrogens is 4. The van der Waals surface area contributed by atoms with Crippen LogP contribution in [0.1, 0.15) is 49.8 Å². The number of benzene rings is 2. The van der Waals surface area contributed by atoms with Crippen molar-refractivity contribution in [2.24, 2.45) is 0 Å². The summed E-state index contributed by atoms with van der Waals surface area (Å²) < 4.78 is 7.50. The average molecular weight is 400 g/mol. The summed E-state index contributed by atoms with van der Waals surface area (Å²) in [5.74, 6) is 1.24. The van der Waals surface area contributed by atoms with Crippen LogP contribution in [0.4, 0.5) is 0 Å². The van der Waals surface area contributed by atoms with Gasteiger partial charge in [-0.1, -0.05) is 80.5 Å². The Labute approximate surface area is 175 Å². The number of Topliss-reactive ketones (excluding diaryl/α,β-unsaturated/α-hetero) is 1. The van der Waals surface area contributed by atoms with Crippen LogP contribution in [-0.2, 0) is 12.0 Å². The molecule has 0 spiro atoms. The quantitative estimate of drug-likeness (QED) is 0.433. The molecular formula is C24H24N4O2. The van der Waals surface area contributed by atoms with E-state index in [-0.39, 0.29) is 11.2 Å². The minimum Gasteiger partial charge on any atom is -0.337 e. The number of carbonyl (C=O) groups is 1. The fourth-order valence-corrected chi connectivity index (χ4v) is 3.24. The van der Waals surface area contributed by atoms with E-state index in [2.05, 4.69) is 15.1 Å². The van der Waals surface area contributed by atoms with Gasteiger partial charge in [0.2, 0.25) is 5.89 Å². The molecule has 0 fully saturated rings. The summed E-state index contributed by atoms with van der Waals surface area (Å²) in [6.07, 6.45) is 1.79. The lowest BCUT2D eigenvalue weighted by molar-refractivity contribution is 0.101. The molecule has 0 amide bonds. The Morgan fingerprint density at radius 2 is 1.70 bits per heavy atom. The normalized spacial score (nSPS) is 11.6. The van der Waals surface area contributed by atoms with Crippen LogP contribution in [0.3, 0.4) is 0 Å². The third kappa shape index (κ3) is 3.94. The second kappa shape index (κ2) is 7.71. The third-order valence-electron chi connectivity index (χ3n) is 4.89. The first-order valence-electron chi connectivity index (χ1n) is 9.88. The minimum atomic E-state index is -0.183. The summed E-state index contributed by atoms with van der Waals surface area (Å²) in [6, 6.07) is 17.6. The van der Waals surface area contributed by atoms with E-state index in [0.29, 0.717) is 23.8 Å². The lowest BCUT2D eigenvalue weighted by Crippen LogP contribution is -2.13. The van der Waals surface area contributed by atoms with Gasteiger partial charge in [-0.15, -0.1) is 0 Å². The van der Waals surface area contributed by atoms with Crippen molar-refractivity contribution in [3.63, 3.8) is 0 Å². The molecule has 0 unspecified atom stereocenters. The summed E-state index contributed by atoms with van der Waals surface area (Å²) in [4.78, 5) is 20.9. The number of hydrogen-bond donors (Lipinski definition) is 0. The summed E-state index contributed by atoms with van der Waals surface area (Å²) in [6.45, 7) is 8.13. The van der Waals surface area contributed by atoms with Crippen molar-refractivity contribution >= 4 is 5.78 Å². The van der Waals surface area contributed by atoms with Gasteiger partial charge in [0, 0.05) is 22.1 Å². The van der Waals surface area contributed by atoms with Gasteiger partial charge in [-0.2, -0.15) is 4.98 Å². The Kier molecular flexibility index (Phi) is 5.08. The largest absolute Gasteiger partial charge is 0.337 e. The highest BCUT2D eigenvalue weighted by atomic mass is 16.5. The number of nitrogens with zero attached hydrogens (tertiary/aromatic N) is 4. The van der Waals surface area contributed by atoms with Crippen molar-refractivity contribution in [3.8, 4) is 22.5 Å². The molecule has 2 aromatic carbocycles. The van der Waals surface area contributed by atoms with E-state index in [9.17, 15) is 4.79 Å². The van der Waals surface area contributed by atoms with E-state index < -0.39 is 0 Å². The molecule has 2 heterocycles.